The number of para-hydroxylation sites is 1. The van der Waals surface area contributed by atoms with Crippen LogP contribution in [0.15, 0.2) is 41.8 Å². The summed E-state index contributed by atoms with van der Waals surface area (Å²) in [5.74, 6) is 0.0707. The third kappa shape index (κ3) is 2.51. The van der Waals surface area contributed by atoms with Gasteiger partial charge in [0.1, 0.15) is 5.66 Å². The van der Waals surface area contributed by atoms with Gasteiger partial charge in [-0.25, -0.2) is 0 Å². The summed E-state index contributed by atoms with van der Waals surface area (Å²) in [6.45, 7) is 3.37. The Morgan fingerprint density at radius 3 is 2.82 bits per heavy atom. The van der Waals surface area contributed by atoms with E-state index in [9.17, 15) is 4.79 Å². The zero-order valence-corrected chi connectivity index (χ0v) is 13.7. The van der Waals surface area contributed by atoms with Crippen LogP contribution in [0.5, 0.6) is 0 Å². The van der Waals surface area contributed by atoms with Crippen LogP contribution in [0.3, 0.4) is 0 Å². The number of nitrogens with one attached hydrogen (secondary N) is 1. The Bertz CT molecular complexity index is 656. The molecule has 1 aromatic carbocycles. The SMILES string of the molecule is COCCCN1C(=O)c2ccccc2NC1(C)c1cccs1. The highest BCUT2D eigenvalue weighted by Gasteiger charge is 2.42. The van der Waals surface area contributed by atoms with Gasteiger partial charge >= 0.3 is 0 Å². The summed E-state index contributed by atoms with van der Waals surface area (Å²) >= 11 is 1.66. The number of fused-ring (bicyclic) bond motifs is 1. The molecule has 2 heterocycles. The maximum atomic E-state index is 13.0. The number of thiophene rings is 1. The second kappa shape index (κ2) is 6.10. The summed E-state index contributed by atoms with van der Waals surface area (Å²) in [5, 5.41) is 5.60. The summed E-state index contributed by atoms with van der Waals surface area (Å²) in [4.78, 5) is 16.0. The number of carbonyl (C=O) groups excluding carboxylic acids is 1. The van der Waals surface area contributed by atoms with Crippen LogP contribution < -0.4 is 5.32 Å². The van der Waals surface area contributed by atoms with E-state index in [1.54, 1.807) is 18.4 Å². The lowest BCUT2D eigenvalue weighted by Gasteiger charge is -2.46. The minimum atomic E-state index is -0.520. The van der Waals surface area contributed by atoms with Crippen LogP contribution in [0, 0.1) is 0 Å². The standard InChI is InChI=1S/C17H20N2O2S/c1-17(15-9-5-12-22-15)18-14-8-4-3-7-13(14)16(20)19(17)10-6-11-21-2/h3-5,7-9,12,18H,6,10-11H2,1-2H3. The number of amides is 1. The first kappa shape index (κ1) is 15.1. The van der Waals surface area contributed by atoms with Crippen LogP contribution in [0.1, 0.15) is 28.6 Å². The zero-order chi connectivity index (χ0) is 15.6. The van der Waals surface area contributed by atoms with Crippen molar-refractivity contribution in [2.24, 2.45) is 0 Å². The van der Waals surface area contributed by atoms with Crippen molar-refractivity contribution < 1.29 is 9.53 Å². The molecule has 1 aliphatic rings. The molecule has 1 N–H and O–H groups in total. The van der Waals surface area contributed by atoms with Gasteiger partial charge in [-0.15, -0.1) is 11.3 Å². The van der Waals surface area contributed by atoms with E-state index in [2.05, 4.69) is 18.3 Å². The highest BCUT2D eigenvalue weighted by atomic mass is 32.1. The second-order valence-corrected chi connectivity index (χ2v) is 6.47. The van der Waals surface area contributed by atoms with E-state index in [0.29, 0.717) is 13.2 Å². The largest absolute Gasteiger partial charge is 0.385 e. The van der Waals surface area contributed by atoms with Crippen molar-refractivity contribution in [3.05, 3.63) is 52.2 Å². The van der Waals surface area contributed by atoms with Gasteiger partial charge in [0, 0.05) is 25.9 Å². The molecular weight excluding hydrogens is 296 g/mol. The predicted octanol–water partition coefficient (Wildman–Crippen LogP) is 3.53. The van der Waals surface area contributed by atoms with E-state index >= 15 is 0 Å². The molecule has 1 unspecified atom stereocenters. The average Bonchev–Trinajstić information content (AvgIpc) is 3.06. The molecule has 4 nitrogen and oxygen atoms in total. The molecule has 0 saturated carbocycles. The van der Waals surface area contributed by atoms with Crippen molar-refractivity contribution >= 4 is 22.9 Å². The van der Waals surface area contributed by atoms with E-state index in [0.717, 1.165) is 22.5 Å². The lowest BCUT2D eigenvalue weighted by Crippen LogP contribution is -2.55. The fourth-order valence-electron chi connectivity index (χ4n) is 2.90. The van der Waals surface area contributed by atoms with E-state index in [4.69, 9.17) is 4.74 Å². The normalized spacial score (nSPS) is 20.6. The molecule has 0 saturated heterocycles. The van der Waals surface area contributed by atoms with Crippen LogP contribution in [0.2, 0.25) is 0 Å². The molecule has 1 atom stereocenters. The van der Waals surface area contributed by atoms with Gasteiger partial charge in [0.15, 0.2) is 0 Å². The maximum absolute atomic E-state index is 13.0. The molecule has 1 aromatic heterocycles. The molecule has 0 radical (unpaired) electrons. The third-order valence-corrected chi connectivity index (χ3v) is 5.13. The first-order chi connectivity index (χ1) is 10.7. The second-order valence-electron chi connectivity index (χ2n) is 5.52. The van der Waals surface area contributed by atoms with Crippen molar-refractivity contribution in [1.82, 2.24) is 4.90 Å². The third-order valence-electron chi connectivity index (χ3n) is 4.05. The summed E-state index contributed by atoms with van der Waals surface area (Å²) in [5.41, 5.74) is 1.10. The van der Waals surface area contributed by atoms with Gasteiger partial charge in [-0.3, -0.25) is 4.79 Å². The number of benzene rings is 1. The van der Waals surface area contributed by atoms with E-state index in [1.165, 1.54) is 0 Å². The van der Waals surface area contributed by atoms with Gasteiger partial charge in [0.2, 0.25) is 0 Å². The first-order valence-corrected chi connectivity index (χ1v) is 8.27. The van der Waals surface area contributed by atoms with Crippen molar-refractivity contribution in [2.75, 3.05) is 25.6 Å². The van der Waals surface area contributed by atoms with Crippen molar-refractivity contribution in [3.63, 3.8) is 0 Å². The van der Waals surface area contributed by atoms with Crippen molar-refractivity contribution in [3.8, 4) is 0 Å². The smallest absolute Gasteiger partial charge is 0.258 e. The fraction of sp³-hybridized carbons (Fsp3) is 0.353. The Morgan fingerprint density at radius 2 is 2.09 bits per heavy atom. The van der Waals surface area contributed by atoms with Crippen LogP contribution in [-0.4, -0.2) is 31.1 Å². The van der Waals surface area contributed by atoms with Gasteiger partial charge in [-0.1, -0.05) is 18.2 Å². The van der Waals surface area contributed by atoms with E-state index in [1.807, 2.05) is 40.6 Å². The van der Waals surface area contributed by atoms with Crippen LogP contribution in [-0.2, 0) is 10.4 Å². The molecule has 22 heavy (non-hydrogen) atoms. The molecular formula is C17H20N2O2S. The van der Waals surface area contributed by atoms with E-state index in [-0.39, 0.29) is 5.91 Å². The lowest BCUT2D eigenvalue weighted by molar-refractivity contribution is 0.0512. The van der Waals surface area contributed by atoms with Gasteiger partial charge < -0.3 is 15.0 Å². The minimum absolute atomic E-state index is 0.0707. The fourth-order valence-corrected chi connectivity index (χ4v) is 3.75. The molecule has 116 valence electrons. The molecule has 0 fully saturated rings. The van der Waals surface area contributed by atoms with Gasteiger partial charge in [0.05, 0.1) is 10.4 Å². The topological polar surface area (TPSA) is 41.6 Å². The van der Waals surface area contributed by atoms with Gasteiger partial charge in [0.25, 0.3) is 5.91 Å². The number of ether oxygens (including phenoxy) is 1. The quantitative estimate of drug-likeness (QED) is 0.858. The Balaban J connectivity index is 2.00. The molecule has 0 bridgehead atoms. The van der Waals surface area contributed by atoms with Crippen LogP contribution in [0.25, 0.3) is 0 Å². The number of nitrogens with zero attached hydrogens (tertiary/aromatic N) is 1. The molecule has 0 spiro atoms. The number of rotatable bonds is 5. The van der Waals surface area contributed by atoms with Crippen molar-refractivity contribution in [1.29, 1.82) is 0 Å². The number of carbonyl (C=O) groups is 1. The number of methoxy groups -OCH3 is 1. The van der Waals surface area contributed by atoms with Crippen LogP contribution >= 0.6 is 11.3 Å². The summed E-state index contributed by atoms with van der Waals surface area (Å²) in [7, 11) is 1.68. The Kier molecular flexibility index (Phi) is 4.18. The van der Waals surface area contributed by atoms with Gasteiger partial charge in [-0.2, -0.15) is 0 Å². The number of hydrogen-bond donors (Lipinski definition) is 1. The average molecular weight is 316 g/mol. The molecule has 1 aliphatic heterocycles. The Morgan fingerprint density at radius 1 is 1.27 bits per heavy atom. The molecule has 5 heteroatoms. The predicted molar refractivity (Wildman–Crippen MR) is 89.3 cm³/mol. The minimum Gasteiger partial charge on any atom is -0.385 e. The summed E-state index contributed by atoms with van der Waals surface area (Å²) in [6, 6.07) is 11.8. The Labute approximate surface area is 134 Å². The van der Waals surface area contributed by atoms with Crippen molar-refractivity contribution in [2.45, 2.75) is 19.0 Å². The monoisotopic (exact) mass is 316 g/mol. The number of anilines is 1. The molecule has 0 aliphatic carbocycles. The van der Waals surface area contributed by atoms with Crippen LogP contribution in [0.4, 0.5) is 5.69 Å². The first-order valence-electron chi connectivity index (χ1n) is 7.39. The zero-order valence-electron chi connectivity index (χ0n) is 12.8. The van der Waals surface area contributed by atoms with Gasteiger partial charge in [-0.05, 0) is 36.9 Å². The highest BCUT2D eigenvalue weighted by molar-refractivity contribution is 7.10. The maximum Gasteiger partial charge on any atom is 0.258 e. The summed E-state index contributed by atoms with van der Waals surface area (Å²) < 4.78 is 5.14. The summed E-state index contributed by atoms with van der Waals surface area (Å²) in [6.07, 6.45) is 0.813. The highest BCUT2D eigenvalue weighted by Crippen LogP contribution is 2.39. The Hall–Kier alpha value is -1.85. The molecule has 1 amide bonds. The number of hydrogen-bond acceptors (Lipinski definition) is 4. The molecule has 3 rings (SSSR count). The van der Waals surface area contributed by atoms with E-state index < -0.39 is 5.66 Å². The molecule has 2 aromatic rings. The lowest BCUT2D eigenvalue weighted by atomic mass is 9.99.